The summed E-state index contributed by atoms with van der Waals surface area (Å²) < 4.78 is 22.1. The van der Waals surface area contributed by atoms with Crippen LogP contribution in [0.25, 0.3) is 0 Å². The number of hydrogen-bond acceptors (Lipinski definition) is 4. The van der Waals surface area contributed by atoms with Crippen molar-refractivity contribution in [3.63, 3.8) is 0 Å². The Labute approximate surface area is 76.6 Å². The molecule has 0 bridgehead atoms. The fourth-order valence-electron chi connectivity index (χ4n) is 1.32. The molecule has 0 aliphatic carbocycles. The van der Waals surface area contributed by atoms with Gasteiger partial charge in [0.15, 0.2) is 9.84 Å². The Hall–Kier alpha value is -0.910. The number of sulfone groups is 1. The van der Waals surface area contributed by atoms with Gasteiger partial charge in [-0.3, -0.25) is 14.5 Å². The lowest BCUT2D eigenvalue weighted by atomic mass is 10.4. The quantitative estimate of drug-likeness (QED) is 0.552. The molecule has 2 amide bonds. The second kappa shape index (κ2) is 3.10. The SMILES string of the molecule is CCN1C(=O)CC(S(C)(=O)=O)C1=O. The molecule has 1 unspecified atom stereocenters. The Balaban J connectivity index is 2.99. The van der Waals surface area contributed by atoms with E-state index in [9.17, 15) is 18.0 Å². The van der Waals surface area contributed by atoms with Gasteiger partial charge in [0, 0.05) is 12.8 Å². The van der Waals surface area contributed by atoms with Crippen molar-refractivity contribution >= 4 is 21.7 Å². The van der Waals surface area contributed by atoms with Crippen LogP contribution in [0.15, 0.2) is 0 Å². The summed E-state index contributed by atoms with van der Waals surface area (Å²) >= 11 is 0. The normalized spacial score (nSPS) is 24.2. The summed E-state index contributed by atoms with van der Waals surface area (Å²) in [6.07, 6.45) is 0.771. The lowest BCUT2D eigenvalue weighted by Crippen LogP contribution is -2.34. The van der Waals surface area contributed by atoms with Crippen molar-refractivity contribution < 1.29 is 18.0 Å². The molecule has 1 aliphatic heterocycles. The predicted molar refractivity (Wildman–Crippen MR) is 45.6 cm³/mol. The van der Waals surface area contributed by atoms with E-state index in [0.717, 1.165) is 11.2 Å². The van der Waals surface area contributed by atoms with Crippen molar-refractivity contribution in [2.45, 2.75) is 18.6 Å². The number of imide groups is 1. The molecule has 6 heteroatoms. The van der Waals surface area contributed by atoms with Crippen LogP contribution in [0.1, 0.15) is 13.3 Å². The van der Waals surface area contributed by atoms with Gasteiger partial charge in [-0.2, -0.15) is 0 Å². The maximum atomic E-state index is 11.3. The van der Waals surface area contributed by atoms with Crippen LogP contribution in [-0.2, 0) is 19.4 Å². The van der Waals surface area contributed by atoms with Crippen molar-refractivity contribution in [2.75, 3.05) is 12.8 Å². The third-order valence-electron chi connectivity index (χ3n) is 2.04. The number of amides is 2. The Kier molecular flexibility index (Phi) is 2.42. The van der Waals surface area contributed by atoms with Gasteiger partial charge in [0.05, 0.1) is 6.42 Å². The molecule has 0 saturated carbocycles. The van der Waals surface area contributed by atoms with Crippen molar-refractivity contribution in [2.24, 2.45) is 0 Å². The molecule has 0 aromatic heterocycles. The minimum atomic E-state index is -3.44. The number of rotatable bonds is 2. The third kappa shape index (κ3) is 1.72. The zero-order valence-corrected chi connectivity index (χ0v) is 8.30. The number of nitrogens with zero attached hydrogens (tertiary/aromatic N) is 1. The van der Waals surface area contributed by atoms with Gasteiger partial charge < -0.3 is 0 Å². The van der Waals surface area contributed by atoms with Crippen LogP contribution in [0.3, 0.4) is 0 Å². The molecule has 0 aromatic rings. The smallest absolute Gasteiger partial charge is 0.248 e. The maximum Gasteiger partial charge on any atom is 0.248 e. The molecule has 5 nitrogen and oxygen atoms in total. The lowest BCUT2D eigenvalue weighted by molar-refractivity contribution is -0.137. The van der Waals surface area contributed by atoms with Crippen molar-refractivity contribution in [1.82, 2.24) is 4.90 Å². The molecule has 1 fully saturated rings. The molecule has 1 saturated heterocycles. The summed E-state index contributed by atoms with van der Waals surface area (Å²) in [6.45, 7) is 1.88. The zero-order valence-electron chi connectivity index (χ0n) is 7.48. The van der Waals surface area contributed by atoms with Crippen molar-refractivity contribution in [3.05, 3.63) is 0 Å². The predicted octanol–water partition coefficient (Wildman–Crippen LogP) is -0.822. The molecule has 0 aromatic carbocycles. The molecule has 1 aliphatic rings. The summed E-state index contributed by atoms with van der Waals surface area (Å²) in [7, 11) is -3.44. The highest BCUT2D eigenvalue weighted by Crippen LogP contribution is 2.18. The van der Waals surface area contributed by atoms with Gasteiger partial charge in [0.25, 0.3) is 0 Å². The molecule has 0 radical (unpaired) electrons. The number of carbonyl (C=O) groups excluding carboxylic acids is 2. The first-order valence-corrected chi connectivity index (χ1v) is 5.86. The van der Waals surface area contributed by atoms with E-state index in [-0.39, 0.29) is 13.0 Å². The molecule has 0 spiro atoms. The minimum Gasteiger partial charge on any atom is -0.282 e. The molecule has 1 atom stereocenters. The topological polar surface area (TPSA) is 71.5 Å². The first-order valence-electron chi connectivity index (χ1n) is 3.91. The van der Waals surface area contributed by atoms with E-state index in [0.29, 0.717) is 0 Å². The van der Waals surface area contributed by atoms with Gasteiger partial charge in [0.2, 0.25) is 11.8 Å². The van der Waals surface area contributed by atoms with Gasteiger partial charge in [-0.15, -0.1) is 0 Å². The molecule has 1 heterocycles. The Morgan fingerprint density at radius 1 is 1.46 bits per heavy atom. The number of likely N-dealkylation sites (tertiary alicyclic amines) is 1. The van der Waals surface area contributed by atoms with E-state index < -0.39 is 26.9 Å². The standard InChI is InChI=1S/C7H11NO4S/c1-3-8-6(9)4-5(7(8)10)13(2,11)12/h5H,3-4H2,1-2H3. The van der Waals surface area contributed by atoms with E-state index in [1.807, 2.05) is 0 Å². The van der Waals surface area contributed by atoms with Crippen LogP contribution >= 0.6 is 0 Å². The van der Waals surface area contributed by atoms with E-state index >= 15 is 0 Å². The summed E-state index contributed by atoms with van der Waals surface area (Å²) in [6, 6.07) is 0. The first kappa shape index (κ1) is 10.2. The Morgan fingerprint density at radius 2 is 2.00 bits per heavy atom. The van der Waals surface area contributed by atoms with Gasteiger partial charge in [-0.1, -0.05) is 0 Å². The van der Waals surface area contributed by atoms with Crippen LogP contribution in [0.5, 0.6) is 0 Å². The fraction of sp³-hybridized carbons (Fsp3) is 0.714. The molecule has 13 heavy (non-hydrogen) atoms. The average Bonchev–Trinajstić information content (AvgIpc) is 2.25. The monoisotopic (exact) mass is 205 g/mol. The Bertz CT molecular complexity index is 346. The number of hydrogen-bond donors (Lipinski definition) is 0. The van der Waals surface area contributed by atoms with E-state index in [1.165, 1.54) is 0 Å². The number of carbonyl (C=O) groups is 2. The maximum absolute atomic E-state index is 11.3. The second-order valence-corrected chi connectivity index (χ2v) is 5.23. The van der Waals surface area contributed by atoms with Gasteiger partial charge in [0.1, 0.15) is 5.25 Å². The summed E-state index contributed by atoms with van der Waals surface area (Å²) in [4.78, 5) is 23.4. The highest BCUT2D eigenvalue weighted by molar-refractivity contribution is 7.92. The van der Waals surface area contributed by atoms with E-state index in [2.05, 4.69) is 0 Å². The third-order valence-corrected chi connectivity index (χ3v) is 3.44. The average molecular weight is 205 g/mol. The van der Waals surface area contributed by atoms with E-state index in [4.69, 9.17) is 0 Å². The molecule has 1 rings (SSSR count). The summed E-state index contributed by atoms with van der Waals surface area (Å²) in [5.41, 5.74) is 0. The fourth-order valence-corrected chi connectivity index (χ4v) is 2.26. The van der Waals surface area contributed by atoms with Crippen molar-refractivity contribution in [3.8, 4) is 0 Å². The highest BCUT2D eigenvalue weighted by atomic mass is 32.2. The lowest BCUT2D eigenvalue weighted by Gasteiger charge is -2.10. The molecule has 0 N–H and O–H groups in total. The van der Waals surface area contributed by atoms with Crippen molar-refractivity contribution in [1.29, 1.82) is 0 Å². The van der Waals surface area contributed by atoms with Crippen LogP contribution in [-0.4, -0.2) is 43.2 Å². The molecular formula is C7H11NO4S. The summed E-state index contributed by atoms with van der Waals surface area (Å²) in [5, 5.41) is -1.15. The van der Waals surface area contributed by atoms with Crippen LogP contribution in [0, 0.1) is 0 Å². The van der Waals surface area contributed by atoms with E-state index in [1.54, 1.807) is 6.92 Å². The minimum absolute atomic E-state index is 0.203. The molecular weight excluding hydrogens is 194 g/mol. The van der Waals surface area contributed by atoms with Crippen LogP contribution in [0.2, 0.25) is 0 Å². The van der Waals surface area contributed by atoms with Crippen LogP contribution in [0.4, 0.5) is 0 Å². The van der Waals surface area contributed by atoms with Gasteiger partial charge >= 0.3 is 0 Å². The van der Waals surface area contributed by atoms with Gasteiger partial charge in [-0.25, -0.2) is 8.42 Å². The van der Waals surface area contributed by atoms with Gasteiger partial charge in [-0.05, 0) is 6.92 Å². The summed E-state index contributed by atoms with van der Waals surface area (Å²) in [5.74, 6) is -0.988. The molecule has 74 valence electrons. The largest absolute Gasteiger partial charge is 0.282 e. The Morgan fingerprint density at radius 3 is 2.23 bits per heavy atom. The zero-order chi connectivity index (χ0) is 10.2. The van der Waals surface area contributed by atoms with Crippen LogP contribution < -0.4 is 0 Å². The second-order valence-electron chi connectivity index (χ2n) is 3.00. The highest BCUT2D eigenvalue weighted by Gasteiger charge is 2.43. The first-order chi connectivity index (χ1) is 5.88.